The van der Waals surface area contributed by atoms with Crippen molar-refractivity contribution in [2.24, 2.45) is 11.7 Å². The smallest absolute Gasteiger partial charge is 0.0642 e. The summed E-state index contributed by atoms with van der Waals surface area (Å²) in [5, 5.41) is 0.851. The summed E-state index contributed by atoms with van der Waals surface area (Å²) in [4.78, 5) is 2.43. The Bertz CT molecular complexity index is 416. The highest BCUT2D eigenvalue weighted by Gasteiger charge is 2.17. The number of benzene rings is 1. The molecule has 0 aliphatic heterocycles. The Kier molecular flexibility index (Phi) is 8.13. The van der Waals surface area contributed by atoms with E-state index in [4.69, 9.17) is 17.3 Å². The third-order valence-corrected chi connectivity index (χ3v) is 4.71. The van der Waals surface area contributed by atoms with Crippen LogP contribution in [0.2, 0.25) is 5.02 Å². The molecule has 21 heavy (non-hydrogen) atoms. The highest BCUT2D eigenvalue weighted by molar-refractivity contribution is 6.33. The molecule has 1 aromatic carbocycles. The quantitative estimate of drug-likeness (QED) is 0.704. The van der Waals surface area contributed by atoms with Gasteiger partial charge in [0.05, 0.1) is 10.7 Å². The van der Waals surface area contributed by atoms with Crippen LogP contribution < -0.4 is 10.6 Å². The van der Waals surface area contributed by atoms with Crippen molar-refractivity contribution in [1.29, 1.82) is 0 Å². The van der Waals surface area contributed by atoms with Crippen molar-refractivity contribution >= 4 is 17.3 Å². The molecule has 2 nitrogen and oxygen atoms in total. The van der Waals surface area contributed by atoms with Crippen LogP contribution in [-0.2, 0) is 6.42 Å². The van der Waals surface area contributed by atoms with Gasteiger partial charge in [-0.15, -0.1) is 0 Å². The summed E-state index contributed by atoms with van der Waals surface area (Å²) < 4.78 is 0. The van der Waals surface area contributed by atoms with Gasteiger partial charge in [0, 0.05) is 19.1 Å². The van der Waals surface area contributed by atoms with E-state index in [0.29, 0.717) is 5.92 Å². The van der Waals surface area contributed by atoms with E-state index in [2.05, 4.69) is 38.7 Å². The molecule has 0 bridgehead atoms. The van der Waals surface area contributed by atoms with Crippen molar-refractivity contribution in [2.45, 2.75) is 59.4 Å². The minimum absolute atomic E-state index is 0.203. The normalized spacial score (nSPS) is 12.7. The van der Waals surface area contributed by atoms with Gasteiger partial charge in [-0.2, -0.15) is 0 Å². The molecule has 2 N–H and O–H groups in total. The maximum atomic E-state index is 6.52. The summed E-state index contributed by atoms with van der Waals surface area (Å²) >= 11 is 6.52. The molecule has 1 atom stereocenters. The van der Waals surface area contributed by atoms with E-state index in [1.807, 2.05) is 12.1 Å². The number of nitrogens with two attached hydrogens (primary N) is 1. The molecule has 0 amide bonds. The van der Waals surface area contributed by atoms with Crippen molar-refractivity contribution in [3.8, 4) is 0 Å². The Balaban J connectivity index is 3.06. The van der Waals surface area contributed by atoms with Gasteiger partial charge in [-0.3, -0.25) is 0 Å². The van der Waals surface area contributed by atoms with Crippen LogP contribution in [0.1, 0.15) is 52.5 Å². The van der Waals surface area contributed by atoms with Gasteiger partial charge < -0.3 is 10.6 Å². The number of halogens is 1. The average molecular weight is 311 g/mol. The number of para-hydroxylation sites is 1. The zero-order valence-corrected chi connectivity index (χ0v) is 14.8. The largest absolute Gasteiger partial charge is 0.370 e. The van der Waals surface area contributed by atoms with Crippen LogP contribution in [0.15, 0.2) is 18.2 Å². The highest BCUT2D eigenvalue weighted by Crippen LogP contribution is 2.32. The first-order valence-corrected chi connectivity index (χ1v) is 8.72. The van der Waals surface area contributed by atoms with Crippen LogP contribution in [0.25, 0.3) is 0 Å². The second kappa shape index (κ2) is 9.32. The van der Waals surface area contributed by atoms with Gasteiger partial charge in [0.2, 0.25) is 0 Å². The third kappa shape index (κ3) is 5.19. The summed E-state index contributed by atoms with van der Waals surface area (Å²) in [6.45, 7) is 10.9. The zero-order chi connectivity index (χ0) is 15.8. The van der Waals surface area contributed by atoms with E-state index in [9.17, 15) is 0 Å². The molecule has 0 spiro atoms. The fourth-order valence-corrected chi connectivity index (χ4v) is 3.06. The molecule has 0 aliphatic carbocycles. The Hall–Kier alpha value is -0.730. The molecule has 3 heteroatoms. The summed E-state index contributed by atoms with van der Waals surface area (Å²) in [6.07, 6.45) is 4.30. The number of hydrogen-bond donors (Lipinski definition) is 1. The van der Waals surface area contributed by atoms with Crippen molar-refractivity contribution in [2.75, 3.05) is 18.0 Å². The van der Waals surface area contributed by atoms with Crippen LogP contribution in [0.4, 0.5) is 5.69 Å². The lowest BCUT2D eigenvalue weighted by Gasteiger charge is -2.30. The van der Waals surface area contributed by atoms with Gasteiger partial charge in [-0.1, -0.05) is 57.3 Å². The summed E-state index contributed by atoms with van der Waals surface area (Å²) in [6, 6.07) is 6.41. The minimum Gasteiger partial charge on any atom is -0.370 e. The third-order valence-electron chi connectivity index (χ3n) is 4.41. The molecule has 0 aromatic heterocycles. The van der Waals surface area contributed by atoms with Gasteiger partial charge in [-0.25, -0.2) is 0 Å². The monoisotopic (exact) mass is 310 g/mol. The van der Waals surface area contributed by atoms with E-state index >= 15 is 0 Å². The van der Waals surface area contributed by atoms with E-state index in [-0.39, 0.29) is 6.04 Å². The lowest BCUT2D eigenvalue weighted by Crippen LogP contribution is -2.31. The van der Waals surface area contributed by atoms with Gasteiger partial charge in [-0.05, 0) is 37.3 Å². The molecule has 0 fully saturated rings. The predicted molar refractivity (Wildman–Crippen MR) is 95.4 cm³/mol. The predicted octanol–water partition coefficient (Wildman–Crippen LogP) is 4.88. The molecular weight excluding hydrogens is 280 g/mol. The second-order valence-electron chi connectivity index (χ2n) is 5.84. The van der Waals surface area contributed by atoms with Crippen molar-refractivity contribution in [3.63, 3.8) is 0 Å². The topological polar surface area (TPSA) is 29.3 Å². The maximum Gasteiger partial charge on any atom is 0.0642 e. The van der Waals surface area contributed by atoms with Crippen LogP contribution in [0.5, 0.6) is 0 Å². The summed E-state index contributed by atoms with van der Waals surface area (Å²) in [5.74, 6) is 0.717. The number of hydrogen-bond acceptors (Lipinski definition) is 2. The number of nitrogens with zero attached hydrogens (tertiary/aromatic N) is 1. The fourth-order valence-electron chi connectivity index (χ4n) is 2.74. The number of rotatable bonds is 9. The molecule has 1 aromatic rings. The van der Waals surface area contributed by atoms with E-state index in [1.165, 1.54) is 24.1 Å². The van der Waals surface area contributed by atoms with E-state index in [1.54, 1.807) is 0 Å². The first-order valence-electron chi connectivity index (χ1n) is 8.35. The fraction of sp³-hybridized carbons (Fsp3) is 0.667. The van der Waals surface area contributed by atoms with Crippen molar-refractivity contribution in [1.82, 2.24) is 0 Å². The molecule has 1 unspecified atom stereocenters. The Labute approximate surface area is 135 Å². The lowest BCUT2D eigenvalue weighted by molar-refractivity contribution is 0.485. The number of anilines is 1. The second-order valence-corrected chi connectivity index (χ2v) is 6.25. The van der Waals surface area contributed by atoms with Gasteiger partial charge in [0.1, 0.15) is 0 Å². The highest BCUT2D eigenvalue weighted by atomic mass is 35.5. The zero-order valence-electron chi connectivity index (χ0n) is 14.0. The van der Waals surface area contributed by atoms with Gasteiger partial charge >= 0.3 is 0 Å². The molecule has 120 valence electrons. The van der Waals surface area contributed by atoms with E-state index < -0.39 is 0 Å². The lowest BCUT2D eigenvalue weighted by atomic mass is 9.99. The van der Waals surface area contributed by atoms with Gasteiger partial charge in [0.15, 0.2) is 0 Å². The van der Waals surface area contributed by atoms with Crippen LogP contribution in [0, 0.1) is 5.92 Å². The van der Waals surface area contributed by atoms with Crippen molar-refractivity contribution in [3.05, 3.63) is 28.8 Å². The Morgan fingerprint density at radius 3 is 2.29 bits per heavy atom. The maximum absolute atomic E-state index is 6.52. The SMILES string of the molecule is CCC(N)Cc1cccc(Cl)c1N(CC)CC(CC)CC. The molecule has 0 radical (unpaired) electrons. The van der Waals surface area contributed by atoms with Crippen LogP contribution in [-0.4, -0.2) is 19.1 Å². The van der Waals surface area contributed by atoms with Crippen molar-refractivity contribution < 1.29 is 0 Å². The average Bonchev–Trinajstić information content (AvgIpc) is 2.50. The standard InChI is InChI=1S/C18H31ClN2/c1-5-14(6-2)13-21(8-4)18-15(12-16(20)7-3)10-9-11-17(18)19/h9-11,14,16H,5-8,12-13,20H2,1-4H3. The minimum atomic E-state index is 0.203. The Morgan fingerprint density at radius 2 is 1.76 bits per heavy atom. The van der Waals surface area contributed by atoms with Crippen LogP contribution >= 0.6 is 11.6 Å². The molecule has 0 saturated carbocycles. The first-order chi connectivity index (χ1) is 10.1. The molecule has 1 rings (SSSR count). The van der Waals surface area contributed by atoms with E-state index in [0.717, 1.165) is 31.0 Å². The van der Waals surface area contributed by atoms with Crippen LogP contribution in [0.3, 0.4) is 0 Å². The summed E-state index contributed by atoms with van der Waals surface area (Å²) in [7, 11) is 0. The molecule has 0 saturated heterocycles. The van der Waals surface area contributed by atoms with Gasteiger partial charge in [0.25, 0.3) is 0 Å². The summed E-state index contributed by atoms with van der Waals surface area (Å²) in [5.41, 5.74) is 8.63. The molecule has 0 aliphatic rings. The first kappa shape index (κ1) is 18.3. The molecular formula is C18H31ClN2. The molecule has 0 heterocycles. The Morgan fingerprint density at radius 1 is 1.10 bits per heavy atom.